The first-order valence-electron chi connectivity index (χ1n) is 9.19. The summed E-state index contributed by atoms with van der Waals surface area (Å²) in [5.74, 6) is 0.759. The Bertz CT molecular complexity index is 1110. The van der Waals surface area contributed by atoms with E-state index in [0.717, 1.165) is 29.0 Å². The summed E-state index contributed by atoms with van der Waals surface area (Å²) < 4.78 is 0.822. The summed E-state index contributed by atoms with van der Waals surface area (Å²) >= 11 is 4.56. The molecule has 30 heavy (non-hydrogen) atoms. The van der Waals surface area contributed by atoms with E-state index in [1.165, 1.54) is 11.3 Å². The van der Waals surface area contributed by atoms with Gasteiger partial charge in [-0.2, -0.15) is 0 Å². The third-order valence-corrected chi connectivity index (χ3v) is 5.93. The van der Waals surface area contributed by atoms with Gasteiger partial charge in [-0.1, -0.05) is 12.1 Å². The molecule has 0 unspecified atom stereocenters. The molecule has 0 fully saturated rings. The molecule has 0 radical (unpaired) electrons. The number of pyridine rings is 1. The van der Waals surface area contributed by atoms with Crippen molar-refractivity contribution in [2.24, 2.45) is 4.99 Å². The third kappa shape index (κ3) is 4.42. The van der Waals surface area contributed by atoms with Crippen molar-refractivity contribution in [1.82, 2.24) is 9.88 Å². The van der Waals surface area contributed by atoms with Gasteiger partial charge >= 0.3 is 0 Å². The van der Waals surface area contributed by atoms with Crippen LogP contribution in [0.4, 0.5) is 11.5 Å². The number of amidine groups is 1. The van der Waals surface area contributed by atoms with Crippen LogP contribution in [0, 0.1) is 0 Å². The predicted octanol–water partition coefficient (Wildman–Crippen LogP) is 4.10. The molecule has 0 bridgehead atoms. The zero-order valence-corrected chi connectivity index (χ0v) is 18.5. The van der Waals surface area contributed by atoms with Gasteiger partial charge in [-0.15, -0.1) is 11.3 Å². The number of nitrogens with zero attached hydrogens (tertiary/aromatic N) is 3. The minimum absolute atomic E-state index is 0.280. The Balaban J connectivity index is 1.45. The largest absolute Gasteiger partial charge is 0.358 e. The fourth-order valence-electron chi connectivity index (χ4n) is 3.02. The van der Waals surface area contributed by atoms with Crippen molar-refractivity contribution in [3.63, 3.8) is 0 Å². The van der Waals surface area contributed by atoms with Crippen molar-refractivity contribution in [2.75, 3.05) is 30.8 Å². The van der Waals surface area contributed by atoms with E-state index >= 15 is 0 Å². The number of rotatable bonds is 5. The second-order valence-corrected chi connectivity index (χ2v) is 8.47. The van der Waals surface area contributed by atoms with Crippen molar-refractivity contribution in [3.05, 3.63) is 74.5 Å². The summed E-state index contributed by atoms with van der Waals surface area (Å²) in [6.07, 6.45) is 1.60. The van der Waals surface area contributed by atoms with Crippen LogP contribution in [-0.4, -0.2) is 47.7 Å². The fraction of sp³-hybridized carbons (Fsp3) is 0.143. The molecule has 0 atom stereocenters. The SMILES string of the molecule is CN1CCN=C1c1ccc(C(=O)Nc2ccsc2C(=O)Nc2ccc(Br)cn2)cc1. The maximum Gasteiger partial charge on any atom is 0.269 e. The summed E-state index contributed by atoms with van der Waals surface area (Å²) in [4.78, 5) is 36.4. The maximum absolute atomic E-state index is 12.7. The molecule has 2 amide bonds. The van der Waals surface area contributed by atoms with Gasteiger partial charge in [-0.25, -0.2) is 4.98 Å². The molecular formula is C21H18BrN5O2S. The lowest BCUT2D eigenvalue weighted by Gasteiger charge is -2.14. The minimum Gasteiger partial charge on any atom is -0.358 e. The zero-order valence-electron chi connectivity index (χ0n) is 16.1. The van der Waals surface area contributed by atoms with Crippen molar-refractivity contribution < 1.29 is 9.59 Å². The molecule has 3 aromatic rings. The highest BCUT2D eigenvalue weighted by Crippen LogP contribution is 2.24. The van der Waals surface area contributed by atoms with Crippen LogP contribution in [0.5, 0.6) is 0 Å². The Morgan fingerprint density at radius 3 is 2.53 bits per heavy atom. The Morgan fingerprint density at radius 2 is 1.87 bits per heavy atom. The number of nitrogens with one attached hydrogen (secondary N) is 2. The number of hydrogen-bond donors (Lipinski definition) is 2. The number of anilines is 2. The van der Waals surface area contributed by atoms with E-state index in [1.54, 1.807) is 41.9 Å². The molecule has 1 aliphatic heterocycles. The number of aliphatic imine (C=N–C) groups is 1. The standard InChI is InChI=1S/C21H18BrN5O2S/c1-27-10-9-23-19(27)13-2-4-14(5-3-13)20(28)25-16-8-11-30-18(16)21(29)26-17-7-6-15(22)12-24-17/h2-8,11-12H,9-10H2,1H3,(H,25,28)(H,24,26,29). The first kappa shape index (κ1) is 20.2. The molecule has 3 heterocycles. The number of carbonyl (C=O) groups is 2. The van der Waals surface area contributed by atoms with Gasteiger partial charge in [0.15, 0.2) is 0 Å². The lowest BCUT2D eigenvalue weighted by molar-refractivity contribution is 0.102. The van der Waals surface area contributed by atoms with Crippen molar-refractivity contribution in [1.29, 1.82) is 0 Å². The molecule has 0 saturated carbocycles. The molecule has 0 aliphatic carbocycles. The summed E-state index contributed by atoms with van der Waals surface area (Å²) in [5.41, 5.74) is 1.94. The molecule has 0 saturated heterocycles. The van der Waals surface area contributed by atoms with E-state index in [0.29, 0.717) is 21.9 Å². The normalized spacial score (nSPS) is 13.1. The third-order valence-electron chi connectivity index (χ3n) is 4.55. The van der Waals surface area contributed by atoms with Gasteiger partial charge in [-0.05, 0) is 51.6 Å². The Labute approximate surface area is 186 Å². The summed E-state index contributed by atoms with van der Waals surface area (Å²) in [5, 5.41) is 7.32. The Morgan fingerprint density at radius 1 is 1.07 bits per heavy atom. The highest BCUT2D eigenvalue weighted by Gasteiger charge is 2.18. The van der Waals surface area contributed by atoms with Crippen molar-refractivity contribution in [3.8, 4) is 0 Å². The zero-order chi connectivity index (χ0) is 21.1. The lowest BCUT2D eigenvalue weighted by Crippen LogP contribution is -2.23. The van der Waals surface area contributed by atoms with Crippen LogP contribution in [0.2, 0.25) is 0 Å². The highest BCUT2D eigenvalue weighted by atomic mass is 79.9. The van der Waals surface area contributed by atoms with E-state index in [2.05, 4.69) is 41.4 Å². The number of hydrogen-bond acceptors (Lipinski definition) is 6. The molecule has 4 rings (SSSR count). The molecule has 2 N–H and O–H groups in total. The second-order valence-electron chi connectivity index (χ2n) is 6.64. The highest BCUT2D eigenvalue weighted by molar-refractivity contribution is 9.10. The van der Waals surface area contributed by atoms with Crippen LogP contribution >= 0.6 is 27.3 Å². The molecule has 1 aliphatic rings. The number of carbonyl (C=O) groups excluding carboxylic acids is 2. The van der Waals surface area contributed by atoms with Crippen LogP contribution in [0.3, 0.4) is 0 Å². The number of halogens is 1. The summed E-state index contributed by atoms with van der Waals surface area (Å²) in [6.45, 7) is 1.68. The van der Waals surface area contributed by atoms with Crippen molar-refractivity contribution in [2.45, 2.75) is 0 Å². The van der Waals surface area contributed by atoms with E-state index in [9.17, 15) is 9.59 Å². The van der Waals surface area contributed by atoms with Crippen molar-refractivity contribution >= 4 is 56.4 Å². The van der Waals surface area contributed by atoms with Crippen LogP contribution in [0.25, 0.3) is 0 Å². The lowest BCUT2D eigenvalue weighted by atomic mass is 10.1. The maximum atomic E-state index is 12.7. The molecule has 7 nitrogen and oxygen atoms in total. The summed E-state index contributed by atoms with van der Waals surface area (Å²) in [6, 6.07) is 12.5. The average molecular weight is 484 g/mol. The van der Waals surface area contributed by atoms with Gasteiger partial charge in [0.05, 0.1) is 12.2 Å². The average Bonchev–Trinajstić information content (AvgIpc) is 3.38. The van der Waals surface area contributed by atoms with Gasteiger partial charge in [-0.3, -0.25) is 14.6 Å². The van der Waals surface area contributed by atoms with E-state index in [-0.39, 0.29) is 11.8 Å². The summed E-state index contributed by atoms with van der Waals surface area (Å²) in [7, 11) is 2.00. The monoisotopic (exact) mass is 483 g/mol. The van der Waals surface area contributed by atoms with Crippen LogP contribution < -0.4 is 10.6 Å². The quantitative estimate of drug-likeness (QED) is 0.571. The number of amides is 2. The van der Waals surface area contributed by atoms with E-state index in [1.807, 2.05) is 19.2 Å². The van der Waals surface area contributed by atoms with Crippen LogP contribution in [-0.2, 0) is 0 Å². The smallest absolute Gasteiger partial charge is 0.269 e. The van der Waals surface area contributed by atoms with E-state index in [4.69, 9.17) is 0 Å². The van der Waals surface area contributed by atoms with Gasteiger partial charge in [0.1, 0.15) is 16.5 Å². The molecule has 2 aromatic heterocycles. The first-order valence-corrected chi connectivity index (χ1v) is 10.9. The molecule has 9 heteroatoms. The molecule has 1 aromatic carbocycles. The van der Waals surface area contributed by atoms with Crippen LogP contribution in [0.15, 0.2) is 63.5 Å². The topological polar surface area (TPSA) is 86.7 Å². The number of benzene rings is 1. The number of likely N-dealkylation sites (N-methyl/N-ethyl adjacent to an activating group) is 1. The number of aromatic nitrogens is 1. The Kier molecular flexibility index (Phi) is 5.91. The van der Waals surface area contributed by atoms with Gasteiger partial charge < -0.3 is 15.5 Å². The van der Waals surface area contributed by atoms with Crippen LogP contribution in [0.1, 0.15) is 25.6 Å². The Hall–Kier alpha value is -3.04. The van der Waals surface area contributed by atoms with Gasteiger partial charge in [0, 0.05) is 35.4 Å². The predicted molar refractivity (Wildman–Crippen MR) is 123 cm³/mol. The first-order chi connectivity index (χ1) is 14.5. The van der Waals surface area contributed by atoms with Gasteiger partial charge in [0.25, 0.3) is 11.8 Å². The molecule has 152 valence electrons. The molecule has 0 spiro atoms. The molecular weight excluding hydrogens is 466 g/mol. The van der Waals surface area contributed by atoms with E-state index < -0.39 is 0 Å². The second kappa shape index (κ2) is 8.76. The fourth-order valence-corrected chi connectivity index (χ4v) is 3.99. The van der Waals surface area contributed by atoms with Gasteiger partial charge in [0.2, 0.25) is 0 Å². The minimum atomic E-state index is -0.326. The number of thiophene rings is 1.